The molecule has 5 rings (SSSR count). The Morgan fingerprint density at radius 3 is 2.67 bits per heavy atom. The molecule has 1 aliphatic carbocycles. The summed E-state index contributed by atoms with van der Waals surface area (Å²) in [6.45, 7) is 1.27. The van der Waals surface area contributed by atoms with Crippen molar-refractivity contribution in [2.75, 3.05) is 20.2 Å². The third-order valence-electron chi connectivity index (χ3n) is 6.46. The van der Waals surface area contributed by atoms with Crippen LogP contribution in [0.4, 0.5) is 0 Å². The lowest BCUT2D eigenvalue weighted by molar-refractivity contribution is -0.146. The van der Waals surface area contributed by atoms with E-state index in [-0.39, 0.29) is 23.6 Å². The number of para-hydroxylation sites is 1. The lowest BCUT2D eigenvalue weighted by Gasteiger charge is -2.26. The third-order valence-corrected chi connectivity index (χ3v) is 6.46. The Morgan fingerprint density at radius 1 is 1.13 bits per heavy atom. The summed E-state index contributed by atoms with van der Waals surface area (Å²) in [6.07, 6.45) is 4.62. The number of fused-ring (bicyclic) bond motifs is 2. The zero-order chi connectivity index (χ0) is 20.7. The van der Waals surface area contributed by atoms with E-state index >= 15 is 0 Å². The molecule has 3 atom stereocenters. The molecule has 0 radical (unpaired) electrons. The summed E-state index contributed by atoms with van der Waals surface area (Å²) < 4.78 is 5.13. The Kier molecular flexibility index (Phi) is 4.75. The van der Waals surface area contributed by atoms with E-state index in [4.69, 9.17) is 4.74 Å². The van der Waals surface area contributed by atoms with Gasteiger partial charge in [-0.25, -0.2) is 0 Å². The van der Waals surface area contributed by atoms with Crippen molar-refractivity contribution in [3.05, 3.63) is 78.0 Å². The number of Topliss-reactive ketones (excluding diaryl/α,β-unsaturated/α-hetero) is 1. The fourth-order valence-corrected chi connectivity index (χ4v) is 4.92. The second-order valence-electron chi connectivity index (χ2n) is 8.14. The van der Waals surface area contributed by atoms with Crippen LogP contribution in [0.1, 0.15) is 11.1 Å². The number of carbonyl (C=O) groups is 2. The van der Waals surface area contributed by atoms with Gasteiger partial charge in [0.25, 0.3) is 0 Å². The fourth-order valence-electron chi connectivity index (χ4n) is 4.92. The summed E-state index contributed by atoms with van der Waals surface area (Å²) in [6, 6.07) is 17.5. The molecule has 5 nitrogen and oxygen atoms in total. The highest BCUT2D eigenvalue weighted by Gasteiger charge is 2.45. The van der Waals surface area contributed by atoms with Gasteiger partial charge in [0.05, 0.1) is 7.11 Å². The molecule has 1 N–H and O–H groups in total. The number of nitrogens with one attached hydrogen (secondary N) is 1. The standard InChI is InChI=1S/C25H24N2O3/c1-30-25(29)23(12-17-13-26-22-10-6-5-9-19(17)22)27-14-18-11-20(24(28)21(18)15-27)16-7-3-2-4-8-16/h2-11,13,18,21,23,26H,12,14-15H2,1H3/t18-,21+,23-/m0/s1. The molecular formula is C25H24N2O3. The predicted molar refractivity (Wildman–Crippen MR) is 116 cm³/mol. The smallest absolute Gasteiger partial charge is 0.323 e. The van der Waals surface area contributed by atoms with Crippen molar-refractivity contribution in [1.29, 1.82) is 0 Å². The summed E-state index contributed by atoms with van der Waals surface area (Å²) in [5.74, 6) is -0.0115. The van der Waals surface area contributed by atoms with Gasteiger partial charge < -0.3 is 9.72 Å². The number of hydrogen-bond donors (Lipinski definition) is 1. The first kappa shape index (κ1) is 18.8. The van der Waals surface area contributed by atoms with Crippen molar-refractivity contribution in [3.8, 4) is 0 Å². The molecule has 1 aliphatic heterocycles. The van der Waals surface area contributed by atoms with Gasteiger partial charge in [0.2, 0.25) is 0 Å². The van der Waals surface area contributed by atoms with Gasteiger partial charge in [-0.2, -0.15) is 0 Å². The van der Waals surface area contributed by atoms with Crippen LogP contribution in [0.25, 0.3) is 16.5 Å². The molecule has 0 saturated carbocycles. The van der Waals surface area contributed by atoms with Crippen LogP contribution in [-0.2, 0) is 20.7 Å². The lowest BCUT2D eigenvalue weighted by atomic mass is 9.97. The molecule has 152 valence electrons. The van der Waals surface area contributed by atoms with Crippen LogP contribution in [0.2, 0.25) is 0 Å². The zero-order valence-electron chi connectivity index (χ0n) is 16.9. The SMILES string of the molecule is COC(=O)[C@H](Cc1c[nH]c2ccccc12)N1C[C@@H]2C=C(c3ccccc3)C(=O)[C@@H]2C1. The maximum Gasteiger partial charge on any atom is 0.323 e. The predicted octanol–water partition coefficient (Wildman–Crippen LogP) is 3.47. The molecule has 0 amide bonds. The van der Waals surface area contributed by atoms with Crippen LogP contribution in [0.15, 0.2) is 66.9 Å². The van der Waals surface area contributed by atoms with Crippen molar-refractivity contribution in [3.63, 3.8) is 0 Å². The summed E-state index contributed by atoms with van der Waals surface area (Å²) in [4.78, 5) is 31.1. The molecule has 1 saturated heterocycles. The van der Waals surface area contributed by atoms with Gasteiger partial charge in [-0.05, 0) is 17.2 Å². The number of aromatic nitrogens is 1. The summed E-state index contributed by atoms with van der Waals surface area (Å²) >= 11 is 0. The fraction of sp³-hybridized carbons (Fsp3) is 0.280. The summed E-state index contributed by atoms with van der Waals surface area (Å²) in [5, 5.41) is 1.12. The topological polar surface area (TPSA) is 62.4 Å². The second kappa shape index (κ2) is 7.58. The number of likely N-dealkylation sites (tertiary alicyclic amines) is 1. The van der Waals surface area contributed by atoms with Gasteiger partial charge in [-0.1, -0.05) is 54.6 Å². The number of rotatable bonds is 5. The minimum atomic E-state index is -0.402. The molecule has 0 bridgehead atoms. The number of H-pyrrole nitrogens is 1. The van der Waals surface area contributed by atoms with E-state index in [2.05, 4.69) is 22.0 Å². The minimum absolute atomic E-state index is 0.0877. The molecular weight excluding hydrogens is 376 g/mol. The van der Waals surface area contributed by atoms with Gasteiger partial charge in [-0.3, -0.25) is 14.5 Å². The Labute approximate surface area is 175 Å². The first-order valence-corrected chi connectivity index (χ1v) is 10.3. The molecule has 0 spiro atoms. The minimum Gasteiger partial charge on any atom is -0.468 e. The maximum absolute atomic E-state index is 13.1. The highest BCUT2D eigenvalue weighted by molar-refractivity contribution is 6.24. The summed E-state index contributed by atoms with van der Waals surface area (Å²) in [5.41, 5.74) is 3.94. The molecule has 5 heteroatoms. The Morgan fingerprint density at radius 2 is 1.90 bits per heavy atom. The van der Waals surface area contributed by atoms with E-state index in [9.17, 15) is 9.59 Å². The lowest BCUT2D eigenvalue weighted by Crippen LogP contribution is -2.42. The first-order chi connectivity index (χ1) is 14.7. The molecule has 2 heterocycles. The van der Waals surface area contributed by atoms with Gasteiger partial charge in [0, 0.05) is 54.0 Å². The van der Waals surface area contributed by atoms with E-state index in [0.29, 0.717) is 19.5 Å². The van der Waals surface area contributed by atoms with Crippen LogP contribution >= 0.6 is 0 Å². The second-order valence-corrected chi connectivity index (χ2v) is 8.14. The number of allylic oxidation sites excluding steroid dienone is 1. The Hall–Kier alpha value is -3.18. The Balaban J connectivity index is 1.39. The van der Waals surface area contributed by atoms with E-state index in [0.717, 1.165) is 27.6 Å². The first-order valence-electron chi connectivity index (χ1n) is 10.3. The number of esters is 1. The van der Waals surface area contributed by atoms with Gasteiger partial charge >= 0.3 is 5.97 Å². The van der Waals surface area contributed by atoms with E-state index in [1.165, 1.54) is 7.11 Å². The van der Waals surface area contributed by atoms with Crippen LogP contribution in [-0.4, -0.2) is 47.9 Å². The summed E-state index contributed by atoms with van der Waals surface area (Å²) in [7, 11) is 1.43. The molecule has 1 fully saturated rings. The van der Waals surface area contributed by atoms with Crippen LogP contribution < -0.4 is 0 Å². The van der Waals surface area contributed by atoms with Crippen LogP contribution in [0.5, 0.6) is 0 Å². The molecule has 3 aromatic rings. The number of ketones is 1. The van der Waals surface area contributed by atoms with E-state index in [1.54, 1.807) is 0 Å². The van der Waals surface area contributed by atoms with Crippen molar-refractivity contribution < 1.29 is 14.3 Å². The molecule has 30 heavy (non-hydrogen) atoms. The highest BCUT2D eigenvalue weighted by Crippen LogP contribution is 2.39. The number of benzene rings is 2. The number of hydrogen-bond acceptors (Lipinski definition) is 4. The number of carbonyl (C=O) groups excluding carboxylic acids is 2. The maximum atomic E-state index is 13.1. The van der Waals surface area contributed by atoms with Crippen LogP contribution in [0.3, 0.4) is 0 Å². The van der Waals surface area contributed by atoms with Crippen LogP contribution in [0, 0.1) is 11.8 Å². The number of ether oxygens (including phenoxy) is 1. The number of methoxy groups -OCH3 is 1. The highest BCUT2D eigenvalue weighted by atomic mass is 16.5. The van der Waals surface area contributed by atoms with E-state index < -0.39 is 6.04 Å². The monoisotopic (exact) mass is 400 g/mol. The van der Waals surface area contributed by atoms with Crippen molar-refractivity contribution >= 4 is 28.2 Å². The van der Waals surface area contributed by atoms with Crippen molar-refractivity contribution in [2.45, 2.75) is 12.5 Å². The molecule has 2 aromatic carbocycles. The number of aromatic amines is 1. The van der Waals surface area contributed by atoms with E-state index in [1.807, 2.05) is 54.7 Å². The van der Waals surface area contributed by atoms with Gasteiger partial charge in [0.1, 0.15) is 6.04 Å². The van der Waals surface area contributed by atoms with Gasteiger partial charge in [-0.15, -0.1) is 0 Å². The Bertz CT molecular complexity index is 1130. The molecule has 2 aliphatic rings. The van der Waals surface area contributed by atoms with Crippen molar-refractivity contribution in [1.82, 2.24) is 9.88 Å². The molecule has 1 aromatic heterocycles. The number of nitrogens with zero attached hydrogens (tertiary/aromatic N) is 1. The third kappa shape index (κ3) is 3.15. The average Bonchev–Trinajstić information content (AvgIpc) is 3.46. The zero-order valence-corrected chi connectivity index (χ0v) is 16.9. The quantitative estimate of drug-likeness (QED) is 0.666. The van der Waals surface area contributed by atoms with Gasteiger partial charge in [0.15, 0.2) is 5.78 Å². The van der Waals surface area contributed by atoms with Crippen molar-refractivity contribution in [2.24, 2.45) is 11.8 Å². The average molecular weight is 400 g/mol. The molecule has 0 unspecified atom stereocenters. The largest absolute Gasteiger partial charge is 0.468 e. The normalized spacial score (nSPS) is 22.2.